The predicted molar refractivity (Wildman–Crippen MR) is 97.5 cm³/mol. The number of ether oxygens (including phenoxy) is 1. The van der Waals surface area contributed by atoms with Crippen molar-refractivity contribution in [1.29, 1.82) is 0 Å². The number of nitro benzene ring substituents is 1. The van der Waals surface area contributed by atoms with Gasteiger partial charge in [0, 0.05) is 28.8 Å². The van der Waals surface area contributed by atoms with E-state index in [4.69, 9.17) is 9.26 Å². The molecule has 0 atom stereocenters. The van der Waals surface area contributed by atoms with E-state index in [9.17, 15) is 14.9 Å². The van der Waals surface area contributed by atoms with Gasteiger partial charge in [-0.2, -0.15) is 0 Å². The molecule has 1 N–H and O–H groups in total. The lowest BCUT2D eigenvalue weighted by atomic mass is 10.1. The molecule has 1 amide bonds. The van der Waals surface area contributed by atoms with Crippen molar-refractivity contribution in [3.63, 3.8) is 0 Å². The topological polar surface area (TPSA) is 108 Å². The van der Waals surface area contributed by atoms with Crippen LogP contribution in [-0.2, 0) is 6.54 Å². The van der Waals surface area contributed by atoms with Crippen molar-refractivity contribution >= 4 is 11.6 Å². The zero-order valence-corrected chi connectivity index (χ0v) is 14.8. The first-order valence-corrected chi connectivity index (χ1v) is 8.12. The van der Waals surface area contributed by atoms with Crippen LogP contribution in [0.4, 0.5) is 5.69 Å². The van der Waals surface area contributed by atoms with Crippen LogP contribution in [0.15, 0.2) is 53.1 Å². The van der Waals surface area contributed by atoms with Gasteiger partial charge in [-0.1, -0.05) is 23.4 Å². The number of carbonyl (C=O) groups excluding carboxylic acids is 1. The third-order valence-corrected chi connectivity index (χ3v) is 4.09. The lowest BCUT2D eigenvalue weighted by Gasteiger charge is -2.06. The zero-order chi connectivity index (χ0) is 19.4. The maximum Gasteiger partial charge on any atom is 0.273 e. The molecule has 1 heterocycles. The molecule has 8 nitrogen and oxygen atoms in total. The van der Waals surface area contributed by atoms with E-state index in [1.54, 1.807) is 26.2 Å². The van der Waals surface area contributed by atoms with Crippen LogP contribution in [0.25, 0.3) is 11.3 Å². The number of methoxy groups -OCH3 is 1. The molecule has 3 rings (SSSR count). The van der Waals surface area contributed by atoms with E-state index in [1.807, 2.05) is 24.3 Å². The molecule has 0 aliphatic heterocycles. The monoisotopic (exact) mass is 367 g/mol. The van der Waals surface area contributed by atoms with Crippen molar-refractivity contribution in [3.05, 3.63) is 75.5 Å². The Labute approximate surface area is 154 Å². The molecular formula is C19H17N3O5. The van der Waals surface area contributed by atoms with Crippen LogP contribution >= 0.6 is 0 Å². The Morgan fingerprint density at radius 2 is 2.04 bits per heavy atom. The summed E-state index contributed by atoms with van der Waals surface area (Å²) in [5.41, 5.74) is 1.81. The highest BCUT2D eigenvalue weighted by molar-refractivity contribution is 5.96. The van der Waals surface area contributed by atoms with E-state index in [-0.39, 0.29) is 17.8 Å². The summed E-state index contributed by atoms with van der Waals surface area (Å²) >= 11 is 0. The van der Waals surface area contributed by atoms with E-state index in [2.05, 4.69) is 10.5 Å². The van der Waals surface area contributed by atoms with Crippen molar-refractivity contribution in [2.75, 3.05) is 7.11 Å². The van der Waals surface area contributed by atoms with E-state index in [0.717, 1.165) is 5.56 Å². The van der Waals surface area contributed by atoms with Crippen LogP contribution < -0.4 is 10.1 Å². The molecule has 2 aromatic carbocycles. The van der Waals surface area contributed by atoms with Crippen LogP contribution in [-0.4, -0.2) is 23.1 Å². The van der Waals surface area contributed by atoms with Crippen LogP contribution in [0, 0.1) is 17.0 Å². The summed E-state index contributed by atoms with van der Waals surface area (Å²) in [6.07, 6.45) is 0. The molecule has 0 saturated carbocycles. The minimum absolute atomic E-state index is 0.0932. The molecule has 0 spiro atoms. The third-order valence-electron chi connectivity index (χ3n) is 4.09. The number of rotatable bonds is 6. The second-order valence-electron chi connectivity index (χ2n) is 5.80. The Bertz CT molecular complexity index is 997. The maximum atomic E-state index is 12.4. The van der Waals surface area contributed by atoms with Gasteiger partial charge in [0.15, 0.2) is 5.76 Å². The first-order chi connectivity index (χ1) is 13.0. The summed E-state index contributed by atoms with van der Waals surface area (Å²) in [5.74, 6) is 0.826. The lowest BCUT2D eigenvalue weighted by molar-refractivity contribution is -0.385. The van der Waals surface area contributed by atoms with Gasteiger partial charge in [-0.3, -0.25) is 14.9 Å². The van der Waals surface area contributed by atoms with Gasteiger partial charge in [-0.25, -0.2) is 0 Å². The van der Waals surface area contributed by atoms with Crippen molar-refractivity contribution < 1.29 is 19.0 Å². The predicted octanol–water partition coefficient (Wildman–Crippen LogP) is 3.50. The second kappa shape index (κ2) is 7.69. The summed E-state index contributed by atoms with van der Waals surface area (Å²) in [7, 11) is 1.58. The normalized spacial score (nSPS) is 10.4. The van der Waals surface area contributed by atoms with Gasteiger partial charge in [-0.15, -0.1) is 0 Å². The van der Waals surface area contributed by atoms with E-state index in [1.165, 1.54) is 12.1 Å². The lowest BCUT2D eigenvalue weighted by Crippen LogP contribution is -2.24. The van der Waals surface area contributed by atoms with Gasteiger partial charge in [0.2, 0.25) is 0 Å². The van der Waals surface area contributed by atoms with Crippen LogP contribution in [0.1, 0.15) is 21.6 Å². The average molecular weight is 367 g/mol. The zero-order valence-electron chi connectivity index (χ0n) is 14.8. The number of nitrogens with zero attached hydrogens (tertiary/aromatic N) is 2. The molecule has 1 aromatic heterocycles. The third kappa shape index (κ3) is 3.95. The van der Waals surface area contributed by atoms with Gasteiger partial charge in [0.1, 0.15) is 11.4 Å². The number of hydrogen-bond acceptors (Lipinski definition) is 6. The first-order valence-electron chi connectivity index (χ1n) is 8.12. The summed E-state index contributed by atoms with van der Waals surface area (Å²) in [4.78, 5) is 22.9. The highest BCUT2D eigenvalue weighted by Gasteiger charge is 2.18. The number of nitrogens with one attached hydrogen (secondary N) is 1. The van der Waals surface area contributed by atoms with E-state index in [0.29, 0.717) is 22.8 Å². The fourth-order valence-corrected chi connectivity index (χ4v) is 2.64. The Morgan fingerprint density at radius 1 is 1.26 bits per heavy atom. The minimum atomic E-state index is -0.510. The fourth-order valence-electron chi connectivity index (χ4n) is 2.64. The number of benzene rings is 2. The molecule has 0 aliphatic rings. The van der Waals surface area contributed by atoms with E-state index < -0.39 is 10.8 Å². The molecule has 8 heteroatoms. The van der Waals surface area contributed by atoms with Crippen molar-refractivity contribution in [2.45, 2.75) is 13.5 Å². The summed E-state index contributed by atoms with van der Waals surface area (Å²) < 4.78 is 10.5. The molecule has 0 saturated heterocycles. The summed E-state index contributed by atoms with van der Waals surface area (Å²) in [6, 6.07) is 13.4. The number of carbonyl (C=O) groups is 1. The van der Waals surface area contributed by atoms with Gasteiger partial charge >= 0.3 is 0 Å². The van der Waals surface area contributed by atoms with Gasteiger partial charge in [0.05, 0.1) is 18.6 Å². The Kier molecular flexibility index (Phi) is 5.16. The summed E-state index contributed by atoms with van der Waals surface area (Å²) in [5, 5.41) is 17.6. The molecule has 27 heavy (non-hydrogen) atoms. The van der Waals surface area contributed by atoms with Crippen molar-refractivity contribution in [3.8, 4) is 17.1 Å². The number of amides is 1. The molecule has 0 fully saturated rings. The van der Waals surface area contributed by atoms with Crippen molar-refractivity contribution in [1.82, 2.24) is 10.5 Å². The molecule has 0 bridgehead atoms. The SMILES string of the molecule is COc1cccc(-c2cc(CNC(=O)c3cccc([N+](=O)[O-])c3C)no2)c1. The largest absolute Gasteiger partial charge is 0.497 e. The molecule has 0 unspecified atom stereocenters. The van der Waals surface area contributed by atoms with Crippen LogP contribution in [0.5, 0.6) is 5.75 Å². The molecular weight excluding hydrogens is 350 g/mol. The van der Waals surface area contributed by atoms with Gasteiger partial charge in [-0.05, 0) is 25.1 Å². The minimum Gasteiger partial charge on any atom is -0.497 e. The fraction of sp³-hybridized carbons (Fsp3) is 0.158. The Balaban J connectivity index is 1.71. The maximum absolute atomic E-state index is 12.4. The Hall–Kier alpha value is -3.68. The molecule has 138 valence electrons. The number of hydrogen-bond donors (Lipinski definition) is 1. The van der Waals surface area contributed by atoms with Crippen molar-refractivity contribution in [2.24, 2.45) is 0 Å². The highest BCUT2D eigenvalue weighted by Crippen LogP contribution is 2.25. The first kappa shape index (κ1) is 18.1. The quantitative estimate of drug-likeness (QED) is 0.528. The van der Waals surface area contributed by atoms with Crippen LogP contribution in [0.2, 0.25) is 0 Å². The number of aromatic nitrogens is 1. The standard InChI is InChI=1S/C19H17N3O5/c1-12-16(7-4-8-17(12)22(24)25)19(23)20-11-14-10-18(27-21-14)13-5-3-6-15(9-13)26-2/h3-10H,11H2,1-2H3,(H,20,23). The van der Waals surface area contributed by atoms with E-state index >= 15 is 0 Å². The van der Waals surface area contributed by atoms with Gasteiger partial charge < -0.3 is 14.6 Å². The number of nitro groups is 1. The summed E-state index contributed by atoms with van der Waals surface area (Å²) in [6.45, 7) is 1.68. The molecule has 0 radical (unpaired) electrons. The average Bonchev–Trinajstić information content (AvgIpc) is 3.15. The van der Waals surface area contributed by atoms with Gasteiger partial charge in [0.25, 0.3) is 11.6 Å². The highest BCUT2D eigenvalue weighted by atomic mass is 16.6. The molecule has 0 aliphatic carbocycles. The molecule has 3 aromatic rings. The second-order valence-corrected chi connectivity index (χ2v) is 5.80. The smallest absolute Gasteiger partial charge is 0.273 e. The van der Waals surface area contributed by atoms with Crippen LogP contribution in [0.3, 0.4) is 0 Å². The Morgan fingerprint density at radius 3 is 2.78 bits per heavy atom.